The molecule has 1 aromatic heterocycles. The van der Waals surface area contributed by atoms with Crippen molar-refractivity contribution in [2.24, 2.45) is 0 Å². The molecule has 20 heavy (non-hydrogen) atoms. The van der Waals surface area contributed by atoms with Crippen molar-refractivity contribution >= 4 is 27.5 Å². The van der Waals surface area contributed by atoms with Crippen molar-refractivity contribution in [3.8, 4) is 5.75 Å². The van der Waals surface area contributed by atoms with Crippen LogP contribution in [0, 0.1) is 0 Å². The van der Waals surface area contributed by atoms with Crippen LogP contribution in [0.2, 0.25) is 0 Å². The van der Waals surface area contributed by atoms with Crippen LogP contribution < -0.4 is 10.1 Å². The van der Waals surface area contributed by atoms with Crippen molar-refractivity contribution in [2.75, 3.05) is 5.32 Å². The summed E-state index contributed by atoms with van der Waals surface area (Å²) in [6.07, 6.45) is 1.52. The Morgan fingerprint density at radius 3 is 2.70 bits per heavy atom. The standard InChI is InChI=1S/C13H9BrF2N2O2/c14-11-8(4-3-7-17-11)12(19)18-9-5-1-2-6-10(9)20-13(15)16/h1-7,13H,(H,18,19). The van der Waals surface area contributed by atoms with E-state index in [1.165, 1.54) is 24.4 Å². The van der Waals surface area contributed by atoms with Gasteiger partial charge in [-0.05, 0) is 40.2 Å². The van der Waals surface area contributed by atoms with Crippen LogP contribution in [0.5, 0.6) is 5.75 Å². The van der Waals surface area contributed by atoms with E-state index in [0.717, 1.165) is 0 Å². The van der Waals surface area contributed by atoms with E-state index < -0.39 is 12.5 Å². The minimum atomic E-state index is -2.96. The van der Waals surface area contributed by atoms with Crippen LogP contribution >= 0.6 is 15.9 Å². The monoisotopic (exact) mass is 342 g/mol. The van der Waals surface area contributed by atoms with E-state index in [1.807, 2.05) is 0 Å². The first-order chi connectivity index (χ1) is 9.58. The Bertz CT molecular complexity index is 623. The lowest BCUT2D eigenvalue weighted by Crippen LogP contribution is -2.14. The third-order valence-corrected chi connectivity index (χ3v) is 2.99. The highest BCUT2D eigenvalue weighted by atomic mass is 79.9. The molecule has 104 valence electrons. The zero-order valence-corrected chi connectivity index (χ0v) is 11.6. The molecule has 4 nitrogen and oxygen atoms in total. The minimum Gasteiger partial charge on any atom is -0.433 e. The lowest BCUT2D eigenvalue weighted by Gasteiger charge is -2.11. The number of rotatable bonds is 4. The molecule has 0 bridgehead atoms. The van der Waals surface area contributed by atoms with Crippen molar-refractivity contribution in [3.63, 3.8) is 0 Å². The summed E-state index contributed by atoms with van der Waals surface area (Å²) in [5.41, 5.74) is 0.452. The number of benzene rings is 1. The fourth-order valence-corrected chi connectivity index (χ4v) is 1.94. The fourth-order valence-electron chi connectivity index (χ4n) is 1.51. The van der Waals surface area contributed by atoms with Crippen LogP contribution in [0.15, 0.2) is 47.2 Å². The number of ether oxygens (including phenoxy) is 1. The number of pyridine rings is 1. The molecule has 1 N–H and O–H groups in total. The second kappa shape index (κ2) is 6.42. The van der Waals surface area contributed by atoms with Gasteiger partial charge in [0.15, 0.2) is 0 Å². The quantitative estimate of drug-likeness (QED) is 0.862. The minimum absolute atomic E-state index is 0.101. The molecule has 7 heteroatoms. The highest BCUT2D eigenvalue weighted by Crippen LogP contribution is 2.26. The smallest absolute Gasteiger partial charge is 0.387 e. The zero-order chi connectivity index (χ0) is 14.5. The van der Waals surface area contributed by atoms with E-state index >= 15 is 0 Å². The topological polar surface area (TPSA) is 51.2 Å². The number of carbonyl (C=O) groups excluding carboxylic acids is 1. The van der Waals surface area contributed by atoms with Gasteiger partial charge in [-0.25, -0.2) is 4.98 Å². The molecule has 0 spiro atoms. The van der Waals surface area contributed by atoms with Crippen molar-refractivity contribution in [1.29, 1.82) is 0 Å². The summed E-state index contributed by atoms with van der Waals surface area (Å²) in [5.74, 6) is -0.578. The van der Waals surface area contributed by atoms with Crippen LogP contribution in [0.4, 0.5) is 14.5 Å². The third-order valence-electron chi connectivity index (χ3n) is 2.36. The fraction of sp³-hybridized carbons (Fsp3) is 0.0769. The van der Waals surface area contributed by atoms with Gasteiger partial charge in [-0.1, -0.05) is 12.1 Å². The lowest BCUT2D eigenvalue weighted by atomic mass is 10.2. The molecule has 2 rings (SSSR count). The van der Waals surface area contributed by atoms with Gasteiger partial charge in [0.05, 0.1) is 11.3 Å². The van der Waals surface area contributed by atoms with Gasteiger partial charge in [0, 0.05) is 6.20 Å². The number of aromatic nitrogens is 1. The van der Waals surface area contributed by atoms with Gasteiger partial charge in [0.1, 0.15) is 10.4 Å². The van der Waals surface area contributed by atoms with Crippen LogP contribution in [0.25, 0.3) is 0 Å². The SMILES string of the molecule is O=C(Nc1ccccc1OC(F)F)c1cccnc1Br. The number of carbonyl (C=O) groups is 1. The Labute approximate surface area is 121 Å². The molecule has 1 amide bonds. The van der Waals surface area contributed by atoms with Gasteiger partial charge in [-0.3, -0.25) is 4.79 Å². The summed E-state index contributed by atoms with van der Waals surface area (Å²) in [6, 6.07) is 9.11. The number of hydrogen-bond acceptors (Lipinski definition) is 3. The van der Waals surface area contributed by atoms with E-state index in [1.54, 1.807) is 18.2 Å². The molecule has 0 unspecified atom stereocenters. The molecule has 0 aliphatic heterocycles. The highest BCUT2D eigenvalue weighted by molar-refractivity contribution is 9.10. The summed E-state index contributed by atoms with van der Waals surface area (Å²) < 4.78 is 29.2. The largest absolute Gasteiger partial charge is 0.433 e. The molecule has 0 aliphatic carbocycles. The third kappa shape index (κ3) is 3.51. The first kappa shape index (κ1) is 14.4. The van der Waals surface area contributed by atoms with E-state index in [0.29, 0.717) is 10.2 Å². The number of anilines is 1. The molecule has 2 aromatic rings. The maximum atomic E-state index is 12.3. The number of halogens is 3. The van der Waals surface area contributed by atoms with Gasteiger partial charge < -0.3 is 10.1 Å². The van der Waals surface area contributed by atoms with E-state index in [2.05, 4.69) is 31.0 Å². The van der Waals surface area contributed by atoms with Crippen molar-refractivity contribution < 1.29 is 18.3 Å². The Morgan fingerprint density at radius 1 is 1.25 bits per heavy atom. The van der Waals surface area contributed by atoms with Crippen LogP contribution in [0.3, 0.4) is 0 Å². The maximum absolute atomic E-state index is 12.3. The Balaban J connectivity index is 2.22. The molecule has 1 aromatic carbocycles. The summed E-state index contributed by atoms with van der Waals surface area (Å²) >= 11 is 3.15. The number of nitrogens with one attached hydrogen (secondary N) is 1. The van der Waals surface area contributed by atoms with Gasteiger partial charge in [0.2, 0.25) is 0 Å². The Kier molecular flexibility index (Phi) is 4.62. The first-order valence-corrected chi connectivity index (χ1v) is 6.33. The lowest BCUT2D eigenvalue weighted by molar-refractivity contribution is -0.0493. The first-order valence-electron chi connectivity index (χ1n) is 5.53. The number of hydrogen-bond donors (Lipinski definition) is 1. The van der Waals surface area contributed by atoms with Crippen LogP contribution in [-0.4, -0.2) is 17.5 Å². The normalized spacial score (nSPS) is 10.4. The Hall–Kier alpha value is -2.02. The van der Waals surface area contributed by atoms with Crippen molar-refractivity contribution in [3.05, 3.63) is 52.8 Å². The maximum Gasteiger partial charge on any atom is 0.387 e. The summed E-state index contributed by atoms with van der Waals surface area (Å²) in [5, 5.41) is 2.51. The molecule has 0 atom stereocenters. The molecular weight excluding hydrogens is 334 g/mol. The van der Waals surface area contributed by atoms with Gasteiger partial charge >= 0.3 is 6.61 Å². The molecule has 0 saturated carbocycles. The van der Waals surface area contributed by atoms with Gasteiger partial charge in [0.25, 0.3) is 5.91 Å². The average Bonchev–Trinajstić information content (AvgIpc) is 2.41. The molecule has 0 saturated heterocycles. The molecule has 0 radical (unpaired) electrons. The van der Waals surface area contributed by atoms with Crippen molar-refractivity contribution in [1.82, 2.24) is 4.98 Å². The van der Waals surface area contributed by atoms with E-state index in [9.17, 15) is 13.6 Å². The summed E-state index contributed by atoms with van der Waals surface area (Å²) in [4.78, 5) is 16.0. The molecular formula is C13H9BrF2N2O2. The van der Waals surface area contributed by atoms with E-state index in [4.69, 9.17) is 0 Å². The molecule has 0 fully saturated rings. The average molecular weight is 343 g/mol. The summed E-state index contributed by atoms with van der Waals surface area (Å²) in [7, 11) is 0. The van der Waals surface area contributed by atoms with E-state index in [-0.39, 0.29) is 11.4 Å². The predicted octanol–water partition coefficient (Wildman–Crippen LogP) is 3.70. The predicted molar refractivity (Wildman–Crippen MR) is 73.0 cm³/mol. The molecule has 0 aliphatic rings. The zero-order valence-electron chi connectivity index (χ0n) is 10.0. The number of nitrogens with zero attached hydrogens (tertiary/aromatic N) is 1. The van der Waals surface area contributed by atoms with Gasteiger partial charge in [-0.15, -0.1) is 0 Å². The second-order valence-electron chi connectivity index (χ2n) is 3.67. The highest BCUT2D eigenvalue weighted by Gasteiger charge is 2.14. The summed E-state index contributed by atoms with van der Waals surface area (Å²) in [6.45, 7) is -2.96. The number of para-hydroxylation sites is 2. The Morgan fingerprint density at radius 2 is 2.00 bits per heavy atom. The number of alkyl halides is 2. The number of amides is 1. The van der Waals surface area contributed by atoms with Crippen LogP contribution in [-0.2, 0) is 0 Å². The van der Waals surface area contributed by atoms with Crippen molar-refractivity contribution in [2.45, 2.75) is 6.61 Å². The second-order valence-corrected chi connectivity index (χ2v) is 4.42. The van der Waals surface area contributed by atoms with Crippen LogP contribution in [0.1, 0.15) is 10.4 Å². The van der Waals surface area contributed by atoms with Gasteiger partial charge in [-0.2, -0.15) is 8.78 Å². The molecule has 1 heterocycles.